The van der Waals surface area contributed by atoms with Gasteiger partial charge in [0, 0.05) is 18.2 Å². The number of nitrogens with one attached hydrogen (secondary N) is 1. The fourth-order valence-corrected chi connectivity index (χ4v) is 2.26. The zero-order valence-electron chi connectivity index (χ0n) is 11.3. The Morgan fingerprint density at radius 1 is 1.40 bits per heavy atom. The summed E-state index contributed by atoms with van der Waals surface area (Å²) < 4.78 is 11.1. The average molecular weight is 294 g/mol. The third kappa shape index (κ3) is 3.39. The number of fused-ring (bicyclic) bond motifs is 1. The molecule has 2 rings (SSSR count). The number of ether oxygens (including phenoxy) is 2. The zero-order chi connectivity index (χ0) is 14.5. The lowest BCUT2D eigenvalue weighted by atomic mass is 10.1. The second kappa shape index (κ2) is 6.56. The van der Waals surface area contributed by atoms with Crippen LogP contribution in [0.15, 0.2) is 18.2 Å². The standard InChI is InChI=1S/C14H18N2O3S/c1-2-10(13(15)20)14(17)16-9-4-5-11-12(8-9)19-7-3-6-18-11/h4-5,8,10H,2-3,6-7H2,1H3,(H2,15,20)(H,16,17). The lowest BCUT2D eigenvalue weighted by Crippen LogP contribution is -2.32. The van der Waals surface area contributed by atoms with Crippen LogP contribution in [0.25, 0.3) is 0 Å². The molecule has 1 unspecified atom stereocenters. The number of nitrogens with two attached hydrogens (primary N) is 1. The maximum Gasteiger partial charge on any atom is 0.234 e. The highest BCUT2D eigenvalue weighted by Gasteiger charge is 2.20. The first-order valence-corrected chi connectivity index (χ1v) is 7.02. The first-order chi connectivity index (χ1) is 9.61. The van der Waals surface area contributed by atoms with Crippen molar-refractivity contribution in [3.05, 3.63) is 18.2 Å². The Kier molecular flexibility index (Phi) is 4.79. The number of hydrogen-bond acceptors (Lipinski definition) is 4. The van der Waals surface area contributed by atoms with E-state index in [2.05, 4.69) is 5.32 Å². The second-order valence-electron chi connectivity index (χ2n) is 4.56. The monoisotopic (exact) mass is 294 g/mol. The predicted octanol–water partition coefficient (Wildman–Crippen LogP) is 2.10. The SMILES string of the molecule is CCC(C(=O)Nc1ccc2c(c1)OCCCO2)C(N)=S. The molecule has 0 saturated heterocycles. The first-order valence-electron chi connectivity index (χ1n) is 6.61. The van der Waals surface area contributed by atoms with Crippen LogP contribution >= 0.6 is 12.2 Å². The normalized spacial score (nSPS) is 15.1. The minimum absolute atomic E-state index is 0.200. The largest absolute Gasteiger partial charge is 0.490 e. The Morgan fingerprint density at radius 3 is 2.75 bits per heavy atom. The molecule has 5 nitrogen and oxygen atoms in total. The van der Waals surface area contributed by atoms with Crippen molar-refractivity contribution in [2.45, 2.75) is 19.8 Å². The summed E-state index contributed by atoms with van der Waals surface area (Å²) in [5.41, 5.74) is 6.21. The van der Waals surface area contributed by atoms with Gasteiger partial charge in [0.05, 0.1) is 24.1 Å². The molecule has 0 aromatic heterocycles. The number of amides is 1. The molecule has 3 N–H and O–H groups in total. The summed E-state index contributed by atoms with van der Waals surface area (Å²) >= 11 is 4.90. The Hall–Kier alpha value is -1.82. The number of thiocarbonyl (C=S) groups is 1. The molecule has 0 fully saturated rings. The van der Waals surface area contributed by atoms with Crippen LogP contribution in [0, 0.1) is 5.92 Å². The zero-order valence-corrected chi connectivity index (χ0v) is 12.2. The summed E-state index contributed by atoms with van der Waals surface area (Å²) in [6, 6.07) is 5.32. The lowest BCUT2D eigenvalue weighted by molar-refractivity contribution is -0.118. The summed E-state index contributed by atoms with van der Waals surface area (Å²) in [6.07, 6.45) is 1.42. The van der Waals surface area contributed by atoms with Crippen molar-refractivity contribution >= 4 is 28.8 Å². The summed E-state index contributed by atoms with van der Waals surface area (Å²) in [7, 11) is 0. The molecule has 0 aliphatic carbocycles. The maximum absolute atomic E-state index is 12.1. The molecule has 0 bridgehead atoms. The van der Waals surface area contributed by atoms with Crippen LogP contribution in [-0.4, -0.2) is 24.1 Å². The van der Waals surface area contributed by atoms with E-state index in [0.29, 0.717) is 36.8 Å². The Balaban J connectivity index is 2.12. The Labute approximate surface area is 123 Å². The number of benzene rings is 1. The van der Waals surface area contributed by atoms with Crippen LogP contribution in [0.3, 0.4) is 0 Å². The van der Waals surface area contributed by atoms with Gasteiger partial charge in [-0.2, -0.15) is 0 Å². The number of hydrogen-bond donors (Lipinski definition) is 2. The molecule has 0 spiro atoms. The van der Waals surface area contributed by atoms with E-state index in [9.17, 15) is 4.79 Å². The Morgan fingerprint density at radius 2 is 2.10 bits per heavy atom. The summed E-state index contributed by atoms with van der Waals surface area (Å²) in [6.45, 7) is 3.12. The van der Waals surface area contributed by atoms with Gasteiger partial charge in [0.2, 0.25) is 5.91 Å². The molecule has 1 aliphatic rings. The van der Waals surface area contributed by atoms with Crippen LogP contribution in [0.4, 0.5) is 5.69 Å². The highest BCUT2D eigenvalue weighted by Crippen LogP contribution is 2.32. The third-order valence-corrected chi connectivity index (χ3v) is 3.37. The molecule has 1 aromatic carbocycles. The van der Waals surface area contributed by atoms with Crippen molar-refractivity contribution < 1.29 is 14.3 Å². The van der Waals surface area contributed by atoms with E-state index in [1.807, 2.05) is 6.92 Å². The number of carbonyl (C=O) groups excluding carboxylic acids is 1. The van der Waals surface area contributed by atoms with E-state index in [-0.39, 0.29) is 10.9 Å². The molecule has 1 aliphatic heterocycles. The van der Waals surface area contributed by atoms with E-state index in [4.69, 9.17) is 27.4 Å². The average Bonchev–Trinajstić information content (AvgIpc) is 2.63. The van der Waals surface area contributed by atoms with Crippen molar-refractivity contribution in [1.29, 1.82) is 0 Å². The molecule has 6 heteroatoms. The molecule has 108 valence electrons. The van der Waals surface area contributed by atoms with Gasteiger partial charge in [-0.25, -0.2) is 0 Å². The van der Waals surface area contributed by atoms with E-state index in [1.54, 1.807) is 18.2 Å². The van der Waals surface area contributed by atoms with Crippen molar-refractivity contribution in [2.24, 2.45) is 11.7 Å². The second-order valence-corrected chi connectivity index (χ2v) is 5.04. The molecule has 1 heterocycles. The van der Waals surface area contributed by atoms with Gasteiger partial charge < -0.3 is 20.5 Å². The number of carbonyl (C=O) groups is 1. The lowest BCUT2D eigenvalue weighted by Gasteiger charge is -2.14. The maximum atomic E-state index is 12.1. The van der Waals surface area contributed by atoms with Crippen LogP contribution in [0.1, 0.15) is 19.8 Å². The fourth-order valence-electron chi connectivity index (χ4n) is 1.99. The van der Waals surface area contributed by atoms with Gasteiger partial charge in [-0.1, -0.05) is 19.1 Å². The van der Waals surface area contributed by atoms with E-state index >= 15 is 0 Å². The van der Waals surface area contributed by atoms with Gasteiger partial charge in [0.1, 0.15) is 0 Å². The smallest absolute Gasteiger partial charge is 0.234 e. The topological polar surface area (TPSA) is 73.6 Å². The highest BCUT2D eigenvalue weighted by atomic mass is 32.1. The van der Waals surface area contributed by atoms with Gasteiger partial charge in [0.25, 0.3) is 0 Å². The van der Waals surface area contributed by atoms with E-state index in [1.165, 1.54) is 0 Å². The predicted molar refractivity (Wildman–Crippen MR) is 81.2 cm³/mol. The van der Waals surface area contributed by atoms with E-state index < -0.39 is 5.92 Å². The first kappa shape index (κ1) is 14.6. The van der Waals surface area contributed by atoms with Crippen molar-refractivity contribution in [2.75, 3.05) is 18.5 Å². The fraction of sp³-hybridized carbons (Fsp3) is 0.429. The molecular weight excluding hydrogens is 276 g/mol. The number of anilines is 1. The van der Waals surface area contributed by atoms with Crippen LogP contribution in [0.5, 0.6) is 11.5 Å². The molecule has 0 radical (unpaired) electrons. The summed E-state index contributed by atoms with van der Waals surface area (Å²) in [4.78, 5) is 12.3. The van der Waals surface area contributed by atoms with Crippen LogP contribution in [-0.2, 0) is 4.79 Å². The van der Waals surface area contributed by atoms with Gasteiger partial charge in [-0.15, -0.1) is 0 Å². The molecule has 20 heavy (non-hydrogen) atoms. The van der Waals surface area contributed by atoms with E-state index in [0.717, 1.165) is 6.42 Å². The van der Waals surface area contributed by atoms with Crippen molar-refractivity contribution in [3.8, 4) is 11.5 Å². The quantitative estimate of drug-likeness (QED) is 0.832. The molecular formula is C14H18N2O3S. The van der Waals surface area contributed by atoms with Gasteiger partial charge in [-0.05, 0) is 18.6 Å². The minimum Gasteiger partial charge on any atom is -0.490 e. The van der Waals surface area contributed by atoms with Gasteiger partial charge in [-0.3, -0.25) is 4.79 Å². The molecule has 1 amide bonds. The van der Waals surface area contributed by atoms with Crippen molar-refractivity contribution in [3.63, 3.8) is 0 Å². The molecule has 1 aromatic rings. The summed E-state index contributed by atoms with van der Waals surface area (Å²) in [5.74, 6) is 0.682. The molecule has 0 saturated carbocycles. The third-order valence-electron chi connectivity index (χ3n) is 3.08. The van der Waals surface area contributed by atoms with Gasteiger partial charge >= 0.3 is 0 Å². The minimum atomic E-state index is -0.457. The number of rotatable bonds is 4. The van der Waals surface area contributed by atoms with Crippen LogP contribution in [0.2, 0.25) is 0 Å². The van der Waals surface area contributed by atoms with Gasteiger partial charge in [0.15, 0.2) is 11.5 Å². The van der Waals surface area contributed by atoms with Crippen LogP contribution < -0.4 is 20.5 Å². The summed E-state index contributed by atoms with van der Waals surface area (Å²) in [5, 5.41) is 2.80. The van der Waals surface area contributed by atoms with Crippen molar-refractivity contribution in [1.82, 2.24) is 0 Å². The Bertz CT molecular complexity index is 519. The molecule has 1 atom stereocenters. The highest BCUT2D eigenvalue weighted by molar-refractivity contribution is 7.80.